The van der Waals surface area contributed by atoms with E-state index in [1.807, 2.05) is 24.3 Å². The van der Waals surface area contributed by atoms with Gasteiger partial charge in [0.25, 0.3) is 11.1 Å². The number of nitrogens with two attached hydrogens (primary N) is 1. The van der Waals surface area contributed by atoms with Gasteiger partial charge in [0.2, 0.25) is 5.91 Å². The highest BCUT2D eigenvalue weighted by molar-refractivity contribution is 7.99. The number of nitrogens with zero attached hydrogens (tertiary/aromatic N) is 1. The highest BCUT2D eigenvalue weighted by Crippen LogP contribution is 2.39. The third-order valence-electron chi connectivity index (χ3n) is 4.02. The van der Waals surface area contributed by atoms with Crippen LogP contribution in [0.15, 0.2) is 33.9 Å². The fraction of sp³-hybridized carbons (Fsp3) is 0.235. The number of thioether (sulfide) groups is 1. The summed E-state index contributed by atoms with van der Waals surface area (Å²) in [5.74, 6) is -0.552. The van der Waals surface area contributed by atoms with Gasteiger partial charge in [0.1, 0.15) is 10.5 Å². The average Bonchev–Trinajstić information content (AvgIpc) is 3.25. The first-order chi connectivity index (χ1) is 12.1. The van der Waals surface area contributed by atoms with Gasteiger partial charge in [-0.3, -0.25) is 9.59 Å². The van der Waals surface area contributed by atoms with E-state index in [1.165, 1.54) is 23.1 Å². The predicted octanol–water partition coefficient (Wildman–Crippen LogP) is 3.21. The second-order valence-corrected chi connectivity index (χ2v) is 7.74. The molecule has 0 fully saturated rings. The highest BCUT2D eigenvalue weighted by Gasteiger charge is 2.26. The number of hydrogen-bond donors (Lipinski definition) is 2. The Hall–Kier alpha value is -2.32. The molecule has 0 spiro atoms. The van der Waals surface area contributed by atoms with Crippen molar-refractivity contribution in [2.24, 2.45) is 5.73 Å². The first-order valence-electron chi connectivity index (χ1n) is 7.84. The molecule has 1 aliphatic carbocycles. The van der Waals surface area contributed by atoms with Gasteiger partial charge in [-0.05, 0) is 37.0 Å². The molecular weight excluding hydrogens is 358 g/mol. The first-order valence-corrected chi connectivity index (χ1v) is 9.64. The monoisotopic (exact) mass is 373 g/mol. The van der Waals surface area contributed by atoms with E-state index in [-0.39, 0.29) is 11.7 Å². The van der Waals surface area contributed by atoms with E-state index in [2.05, 4.69) is 10.3 Å². The molecule has 25 heavy (non-hydrogen) atoms. The molecule has 2 aromatic heterocycles. The SMILES string of the molecule is NC(=O)c1c(NC(=O)CSc2nc3ccccc3o2)sc2c1CCC2. The van der Waals surface area contributed by atoms with Gasteiger partial charge in [-0.15, -0.1) is 11.3 Å². The van der Waals surface area contributed by atoms with Crippen LogP contribution in [0.2, 0.25) is 0 Å². The molecule has 0 aliphatic heterocycles. The van der Waals surface area contributed by atoms with Crippen molar-refractivity contribution in [1.82, 2.24) is 4.98 Å². The molecule has 0 unspecified atom stereocenters. The van der Waals surface area contributed by atoms with Crippen molar-refractivity contribution < 1.29 is 14.0 Å². The van der Waals surface area contributed by atoms with Crippen LogP contribution in [0.3, 0.4) is 0 Å². The molecule has 2 amide bonds. The fourth-order valence-corrected chi connectivity index (χ4v) is 4.90. The zero-order chi connectivity index (χ0) is 17.4. The Morgan fingerprint density at radius 3 is 2.96 bits per heavy atom. The molecule has 0 saturated carbocycles. The van der Waals surface area contributed by atoms with Gasteiger partial charge in [0.05, 0.1) is 11.3 Å². The Morgan fingerprint density at radius 1 is 1.32 bits per heavy atom. The number of oxazole rings is 1. The third kappa shape index (κ3) is 3.14. The summed E-state index contributed by atoms with van der Waals surface area (Å²) >= 11 is 2.67. The third-order valence-corrected chi connectivity index (χ3v) is 6.06. The predicted molar refractivity (Wildman–Crippen MR) is 98.2 cm³/mol. The van der Waals surface area contributed by atoms with E-state index in [1.54, 1.807) is 0 Å². The van der Waals surface area contributed by atoms with Crippen molar-refractivity contribution in [3.05, 3.63) is 40.3 Å². The first kappa shape index (κ1) is 16.2. The van der Waals surface area contributed by atoms with Gasteiger partial charge in [-0.2, -0.15) is 0 Å². The van der Waals surface area contributed by atoms with Gasteiger partial charge in [0.15, 0.2) is 5.58 Å². The Bertz CT molecular complexity index is 944. The second kappa shape index (κ2) is 6.53. The Labute approximate surface area is 151 Å². The Morgan fingerprint density at radius 2 is 2.16 bits per heavy atom. The molecule has 4 rings (SSSR count). The number of benzene rings is 1. The summed E-state index contributed by atoms with van der Waals surface area (Å²) in [7, 11) is 0. The number of aromatic nitrogens is 1. The number of thiophene rings is 1. The molecule has 8 heteroatoms. The minimum absolute atomic E-state index is 0.146. The maximum absolute atomic E-state index is 12.3. The minimum atomic E-state index is -0.485. The van der Waals surface area contributed by atoms with E-state index in [0.29, 0.717) is 21.4 Å². The van der Waals surface area contributed by atoms with Crippen LogP contribution in [0, 0.1) is 0 Å². The number of hydrogen-bond acceptors (Lipinski definition) is 6. The molecule has 2 heterocycles. The molecular formula is C17H15N3O3S2. The van der Waals surface area contributed by atoms with Crippen molar-refractivity contribution in [2.45, 2.75) is 24.5 Å². The maximum atomic E-state index is 12.3. The van der Waals surface area contributed by atoms with E-state index >= 15 is 0 Å². The largest absolute Gasteiger partial charge is 0.431 e. The number of nitrogens with one attached hydrogen (secondary N) is 1. The fourth-order valence-electron chi connectivity index (χ4n) is 2.96. The molecule has 3 aromatic rings. The minimum Gasteiger partial charge on any atom is -0.431 e. The van der Waals surface area contributed by atoms with E-state index < -0.39 is 5.91 Å². The van der Waals surface area contributed by atoms with Gasteiger partial charge >= 0.3 is 0 Å². The summed E-state index contributed by atoms with van der Waals surface area (Å²) in [6.07, 6.45) is 2.81. The van der Waals surface area contributed by atoms with Crippen LogP contribution in [0.5, 0.6) is 0 Å². The van der Waals surface area contributed by atoms with Gasteiger partial charge in [0, 0.05) is 4.88 Å². The molecule has 1 aliphatic rings. The lowest BCUT2D eigenvalue weighted by atomic mass is 10.1. The molecule has 3 N–H and O–H groups in total. The second-order valence-electron chi connectivity index (χ2n) is 5.71. The zero-order valence-electron chi connectivity index (χ0n) is 13.2. The van der Waals surface area contributed by atoms with Crippen molar-refractivity contribution in [1.29, 1.82) is 0 Å². The van der Waals surface area contributed by atoms with Crippen molar-refractivity contribution in [3.63, 3.8) is 0 Å². The maximum Gasteiger partial charge on any atom is 0.257 e. The standard InChI is InChI=1S/C17H15N3O3S2/c18-15(22)14-9-4-3-7-12(9)25-16(14)20-13(21)8-24-17-19-10-5-1-2-6-11(10)23-17/h1-2,5-6H,3-4,7-8H2,(H2,18,22)(H,20,21). The number of aryl methyl sites for hydroxylation is 1. The van der Waals surface area contributed by atoms with Crippen LogP contribution in [0.1, 0.15) is 27.2 Å². The number of amides is 2. The van der Waals surface area contributed by atoms with Crippen molar-refractivity contribution >= 4 is 51.0 Å². The van der Waals surface area contributed by atoms with Gasteiger partial charge < -0.3 is 15.5 Å². The smallest absolute Gasteiger partial charge is 0.257 e. The molecule has 6 nitrogen and oxygen atoms in total. The van der Waals surface area contributed by atoms with Gasteiger partial charge in [-0.1, -0.05) is 23.9 Å². The Balaban J connectivity index is 1.45. The van der Waals surface area contributed by atoms with Crippen LogP contribution in [-0.2, 0) is 17.6 Å². The van der Waals surface area contributed by atoms with Crippen LogP contribution < -0.4 is 11.1 Å². The summed E-state index contributed by atoms with van der Waals surface area (Å²) in [6, 6.07) is 7.44. The lowest BCUT2D eigenvalue weighted by molar-refractivity contribution is -0.113. The van der Waals surface area contributed by atoms with E-state index in [0.717, 1.165) is 35.2 Å². The number of para-hydroxylation sites is 2. The van der Waals surface area contributed by atoms with Crippen molar-refractivity contribution in [2.75, 3.05) is 11.1 Å². The van der Waals surface area contributed by atoms with Crippen LogP contribution in [0.25, 0.3) is 11.1 Å². The summed E-state index contributed by atoms with van der Waals surface area (Å²) in [5, 5.41) is 3.81. The van der Waals surface area contributed by atoms with Crippen LogP contribution >= 0.6 is 23.1 Å². The molecule has 0 saturated heterocycles. The topological polar surface area (TPSA) is 98.2 Å². The average molecular weight is 373 g/mol. The van der Waals surface area contributed by atoms with Crippen molar-refractivity contribution in [3.8, 4) is 0 Å². The molecule has 0 atom stereocenters. The normalized spacial score (nSPS) is 13.1. The Kier molecular flexibility index (Phi) is 4.22. The number of anilines is 1. The summed E-state index contributed by atoms with van der Waals surface area (Å²) in [6.45, 7) is 0. The molecule has 0 bridgehead atoms. The summed E-state index contributed by atoms with van der Waals surface area (Å²) in [4.78, 5) is 29.5. The lowest BCUT2D eigenvalue weighted by Gasteiger charge is -2.05. The lowest BCUT2D eigenvalue weighted by Crippen LogP contribution is -2.18. The van der Waals surface area contributed by atoms with Gasteiger partial charge in [-0.25, -0.2) is 4.98 Å². The van der Waals surface area contributed by atoms with E-state index in [4.69, 9.17) is 10.2 Å². The highest BCUT2D eigenvalue weighted by atomic mass is 32.2. The van der Waals surface area contributed by atoms with E-state index in [9.17, 15) is 9.59 Å². The summed E-state index contributed by atoms with van der Waals surface area (Å²) < 4.78 is 5.58. The summed E-state index contributed by atoms with van der Waals surface area (Å²) in [5.41, 5.74) is 8.42. The number of fused-ring (bicyclic) bond motifs is 2. The molecule has 1 aromatic carbocycles. The number of rotatable bonds is 5. The van der Waals surface area contributed by atoms with Crippen LogP contribution in [-0.4, -0.2) is 22.6 Å². The molecule has 0 radical (unpaired) electrons. The molecule has 128 valence electrons. The quantitative estimate of drug-likeness (QED) is 0.669. The number of carbonyl (C=O) groups is 2. The number of primary amides is 1. The van der Waals surface area contributed by atoms with Crippen LogP contribution in [0.4, 0.5) is 5.00 Å². The number of carbonyl (C=O) groups excluding carboxylic acids is 2. The zero-order valence-corrected chi connectivity index (χ0v) is 14.8.